The van der Waals surface area contributed by atoms with Crippen molar-refractivity contribution in [3.8, 4) is 0 Å². The molecule has 0 amide bonds. The lowest BCUT2D eigenvalue weighted by Crippen LogP contribution is -2.35. The second-order valence-corrected chi connectivity index (χ2v) is 5.57. The van der Waals surface area contributed by atoms with E-state index in [1.165, 1.54) is 19.5 Å². The largest absolute Gasteiger partial charge is 0.309 e. The van der Waals surface area contributed by atoms with Gasteiger partial charge in [-0.15, -0.1) is 0 Å². The first kappa shape index (κ1) is 16.8. The van der Waals surface area contributed by atoms with E-state index in [4.69, 9.17) is 0 Å². The molecular weight excluding hydrogens is 212 g/mol. The first-order valence-electron chi connectivity index (χ1n) is 6.58. The predicted octanol–water partition coefficient (Wildman–Crippen LogP) is 0.363. The number of hydrogen-bond donors (Lipinski definition) is 0. The molecule has 0 spiro atoms. The Morgan fingerprint density at radius 2 is 0.882 bits per heavy atom. The molecule has 0 aliphatic rings. The van der Waals surface area contributed by atoms with Crippen LogP contribution in [0.15, 0.2) is 0 Å². The summed E-state index contributed by atoms with van der Waals surface area (Å²) in [7, 11) is 12.9. The van der Waals surface area contributed by atoms with Crippen molar-refractivity contribution >= 4 is 0 Å². The Hall–Kier alpha value is -0.160. The summed E-state index contributed by atoms with van der Waals surface area (Å²) in [6.45, 7) is 6.99. The van der Waals surface area contributed by atoms with Gasteiger partial charge in [0.1, 0.15) is 0 Å². The van der Waals surface area contributed by atoms with Crippen LogP contribution < -0.4 is 0 Å². The quantitative estimate of drug-likeness (QED) is 0.550. The van der Waals surface area contributed by atoms with E-state index in [9.17, 15) is 0 Å². The molecule has 0 aliphatic carbocycles. The van der Waals surface area contributed by atoms with Crippen LogP contribution in [0, 0.1) is 0 Å². The molecule has 0 saturated carbocycles. The fraction of sp³-hybridized carbons (Fsp3) is 1.00. The summed E-state index contributed by atoms with van der Waals surface area (Å²) < 4.78 is 0. The SMILES string of the molecule is CN(C)CCCN(C)CCN(C)CCN(C)C. The van der Waals surface area contributed by atoms with E-state index in [-0.39, 0.29) is 0 Å². The molecule has 0 rings (SSSR count). The summed E-state index contributed by atoms with van der Waals surface area (Å²) >= 11 is 0. The summed E-state index contributed by atoms with van der Waals surface area (Å²) in [6.07, 6.45) is 1.25. The highest BCUT2D eigenvalue weighted by Gasteiger charge is 2.02. The predicted molar refractivity (Wildman–Crippen MR) is 76.7 cm³/mol. The van der Waals surface area contributed by atoms with Gasteiger partial charge in [-0.2, -0.15) is 0 Å². The number of hydrogen-bond acceptors (Lipinski definition) is 4. The molecule has 0 aromatic carbocycles. The van der Waals surface area contributed by atoms with Crippen LogP contribution in [0.5, 0.6) is 0 Å². The highest BCUT2D eigenvalue weighted by atomic mass is 15.2. The van der Waals surface area contributed by atoms with E-state index < -0.39 is 0 Å². The summed E-state index contributed by atoms with van der Waals surface area (Å²) in [4.78, 5) is 9.31. The molecule has 0 heterocycles. The minimum absolute atomic E-state index is 1.14. The monoisotopic (exact) mass is 244 g/mol. The number of likely N-dealkylation sites (N-methyl/N-ethyl adjacent to an activating group) is 3. The molecule has 17 heavy (non-hydrogen) atoms. The van der Waals surface area contributed by atoms with Gasteiger partial charge in [-0.05, 0) is 61.8 Å². The van der Waals surface area contributed by atoms with Crippen molar-refractivity contribution in [2.75, 3.05) is 81.6 Å². The van der Waals surface area contributed by atoms with Crippen LogP contribution in [-0.4, -0.2) is 101 Å². The number of nitrogens with zero attached hydrogens (tertiary/aromatic N) is 4. The molecule has 0 aromatic heterocycles. The topological polar surface area (TPSA) is 13.0 Å². The third-order valence-corrected chi connectivity index (χ3v) is 2.94. The lowest BCUT2D eigenvalue weighted by molar-refractivity contribution is 0.231. The summed E-state index contributed by atoms with van der Waals surface area (Å²) in [5, 5.41) is 0. The van der Waals surface area contributed by atoms with Crippen LogP contribution in [0.2, 0.25) is 0 Å². The van der Waals surface area contributed by atoms with Crippen molar-refractivity contribution in [1.29, 1.82) is 0 Å². The summed E-state index contributed by atoms with van der Waals surface area (Å²) in [5.74, 6) is 0. The first-order chi connectivity index (χ1) is 7.91. The second kappa shape index (κ2) is 9.83. The molecule has 4 heteroatoms. The first-order valence-corrected chi connectivity index (χ1v) is 6.58. The molecular formula is C13H32N4. The molecule has 0 unspecified atom stereocenters. The zero-order valence-electron chi connectivity index (χ0n) is 12.7. The van der Waals surface area contributed by atoms with Gasteiger partial charge in [0.05, 0.1) is 0 Å². The van der Waals surface area contributed by atoms with Gasteiger partial charge in [0.2, 0.25) is 0 Å². The molecule has 0 aromatic rings. The van der Waals surface area contributed by atoms with Crippen molar-refractivity contribution in [1.82, 2.24) is 19.6 Å². The Balaban J connectivity index is 3.45. The molecule has 0 N–H and O–H groups in total. The molecule has 104 valence electrons. The normalized spacial score (nSPS) is 12.4. The van der Waals surface area contributed by atoms with Crippen molar-refractivity contribution in [3.63, 3.8) is 0 Å². The lowest BCUT2D eigenvalue weighted by atomic mass is 10.3. The van der Waals surface area contributed by atoms with Gasteiger partial charge in [-0.1, -0.05) is 0 Å². The Morgan fingerprint density at radius 3 is 1.35 bits per heavy atom. The fourth-order valence-corrected chi connectivity index (χ4v) is 1.59. The maximum absolute atomic E-state index is 2.43. The van der Waals surface area contributed by atoms with Crippen LogP contribution in [0.3, 0.4) is 0 Å². The van der Waals surface area contributed by atoms with Crippen LogP contribution in [0.4, 0.5) is 0 Å². The summed E-state index contributed by atoms with van der Waals surface area (Å²) in [6, 6.07) is 0. The Bertz CT molecular complexity index is 171. The average molecular weight is 244 g/mol. The highest BCUT2D eigenvalue weighted by molar-refractivity contribution is 4.59. The van der Waals surface area contributed by atoms with Gasteiger partial charge in [0.15, 0.2) is 0 Å². The van der Waals surface area contributed by atoms with Gasteiger partial charge in [0, 0.05) is 26.2 Å². The third-order valence-electron chi connectivity index (χ3n) is 2.94. The number of rotatable bonds is 10. The lowest BCUT2D eigenvalue weighted by Gasteiger charge is -2.23. The minimum Gasteiger partial charge on any atom is -0.309 e. The standard InChI is InChI=1S/C13H32N4/c1-14(2)8-7-9-16(5)12-13-17(6)11-10-15(3)4/h7-13H2,1-6H3. The van der Waals surface area contributed by atoms with Gasteiger partial charge in [-0.3, -0.25) is 0 Å². The van der Waals surface area contributed by atoms with Crippen LogP contribution in [-0.2, 0) is 0 Å². The molecule has 0 radical (unpaired) electrons. The van der Waals surface area contributed by atoms with E-state index in [2.05, 4.69) is 61.9 Å². The van der Waals surface area contributed by atoms with Gasteiger partial charge >= 0.3 is 0 Å². The van der Waals surface area contributed by atoms with Crippen molar-refractivity contribution in [2.24, 2.45) is 0 Å². The van der Waals surface area contributed by atoms with Gasteiger partial charge < -0.3 is 19.6 Å². The van der Waals surface area contributed by atoms with Crippen molar-refractivity contribution in [3.05, 3.63) is 0 Å². The van der Waals surface area contributed by atoms with Crippen LogP contribution >= 0.6 is 0 Å². The smallest absolute Gasteiger partial charge is 0.0107 e. The Morgan fingerprint density at radius 1 is 0.471 bits per heavy atom. The molecule has 4 nitrogen and oxygen atoms in total. The molecule has 0 atom stereocenters. The second-order valence-electron chi connectivity index (χ2n) is 5.57. The third kappa shape index (κ3) is 12.1. The minimum atomic E-state index is 1.14. The molecule has 0 aliphatic heterocycles. The van der Waals surface area contributed by atoms with Crippen molar-refractivity contribution < 1.29 is 0 Å². The maximum atomic E-state index is 2.43. The van der Waals surface area contributed by atoms with Gasteiger partial charge in [-0.25, -0.2) is 0 Å². The van der Waals surface area contributed by atoms with E-state index in [0.29, 0.717) is 0 Å². The highest BCUT2D eigenvalue weighted by Crippen LogP contribution is 1.91. The van der Waals surface area contributed by atoms with E-state index in [0.717, 1.165) is 26.2 Å². The molecule has 0 fully saturated rings. The van der Waals surface area contributed by atoms with Crippen LogP contribution in [0.1, 0.15) is 6.42 Å². The van der Waals surface area contributed by atoms with E-state index in [1.54, 1.807) is 0 Å². The zero-order chi connectivity index (χ0) is 13.3. The summed E-state index contributed by atoms with van der Waals surface area (Å²) in [5.41, 5.74) is 0. The Labute approximate surface area is 108 Å². The maximum Gasteiger partial charge on any atom is 0.0107 e. The average Bonchev–Trinajstić information content (AvgIpc) is 2.23. The van der Waals surface area contributed by atoms with Crippen LogP contribution in [0.25, 0.3) is 0 Å². The zero-order valence-corrected chi connectivity index (χ0v) is 12.7. The van der Waals surface area contributed by atoms with E-state index in [1.807, 2.05) is 0 Å². The molecule has 0 saturated heterocycles. The van der Waals surface area contributed by atoms with E-state index >= 15 is 0 Å². The fourth-order valence-electron chi connectivity index (χ4n) is 1.59. The molecule has 0 bridgehead atoms. The Kier molecular flexibility index (Phi) is 9.74. The van der Waals surface area contributed by atoms with Gasteiger partial charge in [0.25, 0.3) is 0 Å². The van der Waals surface area contributed by atoms with Crippen molar-refractivity contribution in [2.45, 2.75) is 6.42 Å².